The van der Waals surface area contributed by atoms with Crippen LogP contribution in [0, 0.1) is 23.0 Å². The normalized spacial score (nSPS) is 14.8. The number of hydrogen-bond donors (Lipinski definition) is 1. The molecule has 0 radical (unpaired) electrons. The molecule has 36 heavy (non-hydrogen) atoms. The second kappa shape index (κ2) is 9.69. The first-order chi connectivity index (χ1) is 17.4. The van der Waals surface area contributed by atoms with E-state index in [4.69, 9.17) is 15.5 Å². The Morgan fingerprint density at radius 3 is 2.47 bits per heavy atom. The Kier molecular flexibility index (Phi) is 6.44. The van der Waals surface area contributed by atoms with Crippen LogP contribution in [0.4, 0.5) is 8.78 Å². The molecule has 0 spiro atoms. The highest BCUT2D eigenvalue weighted by Gasteiger charge is 2.22. The van der Waals surface area contributed by atoms with Crippen LogP contribution in [0.1, 0.15) is 24.1 Å². The number of nitrogens with two attached hydrogens (primary N) is 1. The van der Waals surface area contributed by atoms with E-state index in [2.05, 4.69) is 15.5 Å². The molecule has 6 nitrogen and oxygen atoms in total. The molecule has 1 saturated heterocycles. The molecule has 1 aliphatic rings. The lowest BCUT2D eigenvalue weighted by Crippen LogP contribution is -2.39. The third-order valence-corrected chi connectivity index (χ3v) is 7.02. The molecule has 0 atom stereocenters. The molecule has 184 valence electrons. The second-order valence-corrected chi connectivity index (χ2v) is 9.24. The maximum Gasteiger partial charge on any atom is 0.165 e. The van der Waals surface area contributed by atoms with Crippen molar-refractivity contribution >= 4 is 10.9 Å². The summed E-state index contributed by atoms with van der Waals surface area (Å²) in [6, 6.07) is 13.4. The minimum Gasteiger partial charge on any atom is -0.494 e. The van der Waals surface area contributed by atoms with Gasteiger partial charge in [-0.25, -0.2) is 8.78 Å². The van der Waals surface area contributed by atoms with Crippen LogP contribution in [0.2, 0.25) is 0 Å². The minimum absolute atomic E-state index is 0.0343. The zero-order valence-corrected chi connectivity index (χ0v) is 20.3. The molecule has 0 aliphatic carbocycles. The molecule has 4 aromatic rings. The minimum atomic E-state index is -0.611. The zero-order valence-electron chi connectivity index (χ0n) is 20.3. The molecular weight excluding hydrogens is 460 g/mol. The summed E-state index contributed by atoms with van der Waals surface area (Å²) in [5, 5.41) is 10.1. The number of nitriles is 1. The summed E-state index contributed by atoms with van der Waals surface area (Å²) in [4.78, 5) is 7.09. The van der Waals surface area contributed by atoms with Gasteiger partial charge in [0.2, 0.25) is 0 Å². The number of aryl methyl sites for hydroxylation is 1. The Bertz CT molecular complexity index is 1480. The maximum atomic E-state index is 14.7. The lowest BCUT2D eigenvalue weighted by molar-refractivity contribution is 0.202. The number of hydrogen-bond acceptors (Lipinski definition) is 5. The van der Waals surface area contributed by atoms with Crippen molar-refractivity contribution in [2.45, 2.75) is 25.4 Å². The first kappa shape index (κ1) is 23.9. The van der Waals surface area contributed by atoms with Gasteiger partial charge >= 0.3 is 0 Å². The van der Waals surface area contributed by atoms with Gasteiger partial charge in [0.25, 0.3) is 0 Å². The largest absolute Gasteiger partial charge is 0.494 e. The summed E-state index contributed by atoms with van der Waals surface area (Å²) in [5.41, 5.74) is 10.3. The highest BCUT2D eigenvalue weighted by molar-refractivity contribution is 6.02. The molecule has 3 heterocycles. The Labute approximate surface area is 208 Å². The Morgan fingerprint density at radius 2 is 1.81 bits per heavy atom. The molecule has 0 unspecified atom stereocenters. The summed E-state index contributed by atoms with van der Waals surface area (Å²) in [7, 11) is 3.40. The SMILES string of the molecule is COc1ccc(-c2ncc3c(cc(CN4CCC(N)CC4)n3C)c2-c2ccc(C#N)c(F)c2)cc1F. The molecule has 2 aromatic heterocycles. The summed E-state index contributed by atoms with van der Waals surface area (Å²) >= 11 is 0. The van der Waals surface area contributed by atoms with Gasteiger partial charge in [-0.05, 0) is 54.8 Å². The van der Waals surface area contributed by atoms with Crippen LogP contribution in [-0.4, -0.2) is 40.7 Å². The molecule has 1 fully saturated rings. The van der Waals surface area contributed by atoms with Gasteiger partial charge in [0.05, 0.1) is 30.1 Å². The fourth-order valence-electron chi connectivity index (χ4n) is 4.92. The van der Waals surface area contributed by atoms with Crippen molar-refractivity contribution in [2.75, 3.05) is 20.2 Å². The van der Waals surface area contributed by atoms with Crippen molar-refractivity contribution in [1.29, 1.82) is 5.26 Å². The smallest absolute Gasteiger partial charge is 0.165 e. The van der Waals surface area contributed by atoms with E-state index < -0.39 is 11.6 Å². The van der Waals surface area contributed by atoms with E-state index in [1.807, 2.05) is 13.1 Å². The Morgan fingerprint density at radius 1 is 1.08 bits per heavy atom. The van der Waals surface area contributed by atoms with E-state index in [9.17, 15) is 14.0 Å². The first-order valence-corrected chi connectivity index (χ1v) is 11.9. The third kappa shape index (κ3) is 4.32. The van der Waals surface area contributed by atoms with Gasteiger partial charge in [0, 0.05) is 54.9 Å². The molecule has 0 bridgehead atoms. The summed E-state index contributed by atoms with van der Waals surface area (Å²) in [6.07, 6.45) is 3.70. The quantitative estimate of drug-likeness (QED) is 0.429. The number of piperidine rings is 1. The molecule has 2 aromatic carbocycles. The highest BCUT2D eigenvalue weighted by Crippen LogP contribution is 2.39. The number of nitrogens with zero attached hydrogens (tertiary/aromatic N) is 4. The van der Waals surface area contributed by atoms with Crippen LogP contribution < -0.4 is 10.5 Å². The molecule has 5 rings (SSSR count). The van der Waals surface area contributed by atoms with Crippen molar-refractivity contribution < 1.29 is 13.5 Å². The number of pyridine rings is 1. The van der Waals surface area contributed by atoms with Gasteiger partial charge in [0.15, 0.2) is 11.6 Å². The number of rotatable bonds is 5. The summed E-state index contributed by atoms with van der Waals surface area (Å²) in [6.45, 7) is 2.63. The first-order valence-electron chi connectivity index (χ1n) is 11.9. The Balaban J connectivity index is 1.69. The van der Waals surface area contributed by atoms with Crippen molar-refractivity contribution in [3.63, 3.8) is 0 Å². The maximum absolute atomic E-state index is 14.7. The molecule has 0 saturated carbocycles. The third-order valence-electron chi connectivity index (χ3n) is 7.02. The van der Waals surface area contributed by atoms with Gasteiger partial charge in [-0.2, -0.15) is 5.26 Å². The molecule has 8 heteroatoms. The number of ether oxygens (including phenoxy) is 1. The van der Waals surface area contributed by atoms with E-state index >= 15 is 0 Å². The number of methoxy groups -OCH3 is 1. The van der Waals surface area contributed by atoms with Crippen molar-refractivity contribution in [2.24, 2.45) is 12.8 Å². The summed E-state index contributed by atoms with van der Waals surface area (Å²) < 4.78 is 36.5. The molecular formula is C28H27F2N5O. The number of aromatic nitrogens is 2. The lowest BCUT2D eigenvalue weighted by Gasteiger charge is -2.30. The topological polar surface area (TPSA) is 80.1 Å². The monoisotopic (exact) mass is 487 g/mol. The van der Waals surface area contributed by atoms with Gasteiger partial charge in [-0.15, -0.1) is 0 Å². The van der Waals surface area contributed by atoms with Gasteiger partial charge in [-0.1, -0.05) is 6.07 Å². The number of likely N-dealkylation sites (tertiary alicyclic amines) is 1. The predicted octanol–water partition coefficient (Wildman–Crippen LogP) is 4.99. The van der Waals surface area contributed by atoms with Gasteiger partial charge < -0.3 is 15.0 Å². The van der Waals surface area contributed by atoms with E-state index in [0.717, 1.165) is 49.1 Å². The van der Waals surface area contributed by atoms with E-state index in [1.165, 1.54) is 25.3 Å². The van der Waals surface area contributed by atoms with Crippen molar-refractivity contribution in [3.05, 3.63) is 71.6 Å². The van der Waals surface area contributed by atoms with Gasteiger partial charge in [0.1, 0.15) is 11.9 Å². The number of benzene rings is 2. The fourth-order valence-corrected chi connectivity index (χ4v) is 4.92. The van der Waals surface area contributed by atoms with Crippen LogP contribution in [-0.2, 0) is 13.6 Å². The van der Waals surface area contributed by atoms with E-state index in [1.54, 1.807) is 24.4 Å². The predicted molar refractivity (Wildman–Crippen MR) is 135 cm³/mol. The molecule has 1 aliphatic heterocycles. The van der Waals surface area contributed by atoms with Crippen molar-refractivity contribution in [1.82, 2.24) is 14.5 Å². The van der Waals surface area contributed by atoms with E-state index in [-0.39, 0.29) is 17.4 Å². The Hall–Kier alpha value is -3.80. The van der Waals surface area contributed by atoms with Crippen LogP contribution in [0.15, 0.2) is 48.7 Å². The van der Waals surface area contributed by atoms with Crippen LogP contribution in [0.3, 0.4) is 0 Å². The number of fused-ring (bicyclic) bond motifs is 1. The molecule has 2 N–H and O–H groups in total. The van der Waals surface area contributed by atoms with Crippen LogP contribution in [0.25, 0.3) is 33.3 Å². The molecule has 0 amide bonds. The van der Waals surface area contributed by atoms with Crippen LogP contribution >= 0.6 is 0 Å². The summed E-state index contributed by atoms with van der Waals surface area (Å²) in [5.74, 6) is -0.986. The second-order valence-electron chi connectivity index (χ2n) is 9.24. The number of halogens is 2. The van der Waals surface area contributed by atoms with Gasteiger partial charge in [-0.3, -0.25) is 9.88 Å². The average Bonchev–Trinajstić information content (AvgIpc) is 3.19. The van der Waals surface area contributed by atoms with Crippen LogP contribution in [0.5, 0.6) is 5.75 Å². The highest BCUT2D eigenvalue weighted by atomic mass is 19.1. The van der Waals surface area contributed by atoms with Crippen molar-refractivity contribution in [3.8, 4) is 34.2 Å². The standard InChI is InChI=1S/C28H27F2N5O/c1-34-21(16-35-9-7-20(32)8-10-35)13-22-25(34)15-33-28(18-5-6-26(36-2)24(30)12-18)27(22)17-3-4-19(14-31)23(29)11-17/h3-6,11-13,15,20H,7-10,16,32H2,1-2H3. The van der Waals surface area contributed by atoms with E-state index in [0.29, 0.717) is 22.4 Å². The zero-order chi connectivity index (χ0) is 25.4. The lowest BCUT2D eigenvalue weighted by atomic mass is 9.95. The average molecular weight is 488 g/mol. The fraction of sp³-hybridized carbons (Fsp3) is 0.286.